The molecule has 1 fully saturated rings. The minimum absolute atomic E-state index is 0.264. The maximum absolute atomic E-state index is 6.20. The Kier molecular flexibility index (Phi) is 3.57. The van der Waals surface area contributed by atoms with Crippen molar-refractivity contribution in [1.29, 1.82) is 0 Å². The number of fused-ring (bicyclic) bond motifs is 2. The van der Waals surface area contributed by atoms with E-state index >= 15 is 0 Å². The number of hydrogen-bond acceptors (Lipinski definition) is 6. The number of nitrogens with zero attached hydrogens (tertiary/aromatic N) is 6. The van der Waals surface area contributed by atoms with Gasteiger partial charge in [-0.2, -0.15) is 9.97 Å². The summed E-state index contributed by atoms with van der Waals surface area (Å²) in [6.45, 7) is 2.61. The maximum Gasteiger partial charge on any atom is 0.226 e. The Morgan fingerprint density at radius 3 is 2.76 bits per heavy atom. The molecule has 0 amide bonds. The molecule has 0 bridgehead atoms. The average molecular weight is 371 g/mol. The Labute approximate surface area is 153 Å². The molecule has 0 aliphatic carbocycles. The van der Waals surface area contributed by atoms with Crippen LogP contribution < -0.4 is 4.90 Å². The normalized spacial score (nSPS) is 14.8. The highest BCUT2D eigenvalue weighted by Crippen LogP contribution is 2.28. The molecule has 0 atom stereocenters. The van der Waals surface area contributed by atoms with E-state index in [1.165, 1.54) is 17.5 Å². The van der Waals surface area contributed by atoms with E-state index in [0.29, 0.717) is 6.54 Å². The van der Waals surface area contributed by atoms with Crippen molar-refractivity contribution in [3.8, 4) is 0 Å². The van der Waals surface area contributed by atoms with E-state index in [4.69, 9.17) is 16.6 Å². The average Bonchev–Trinajstić information content (AvgIpc) is 3.34. The predicted molar refractivity (Wildman–Crippen MR) is 101 cm³/mol. The van der Waals surface area contributed by atoms with Gasteiger partial charge in [-0.15, -0.1) is 11.3 Å². The van der Waals surface area contributed by atoms with E-state index in [-0.39, 0.29) is 5.28 Å². The zero-order chi connectivity index (χ0) is 16.8. The third-order valence-electron chi connectivity index (χ3n) is 4.47. The molecule has 4 heterocycles. The van der Waals surface area contributed by atoms with Gasteiger partial charge in [-0.1, -0.05) is 12.1 Å². The van der Waals surface area contributed by atoms with E-state index in [2.05, 4.69) is 25.9 Å². The van der Waals surface area contributed by atoms with Crippen LogP contribution in [0.25, 0.3) is 21.4 Å². The van der Waals surface area contributed by atoms with Gasteiger partial charge < -0.3 is 9.47 Å². The number of aromatic nitrogens is 5. The SMILES string of the molecule is Clc1nc(N2CCCC2)c2ncn(Cc3nc4ccccc4s3)c2n1. The van der Waals surface area contributed by atoms with E-state index in [9.17, 15) is 0 Å². The fraction of sp³-hybridized carbons (Fsp3) is 0.294. The highest BCUT2D eigenvalue weighted by atomic mass is 35.5. The van der Waals surface area contributed by atoms with E-state index in [1.807, 2.05) is 22.8 Å². The molecule has 1 aromatic carbocycles. The van der Waals surface area contributed by atoms with Crippen LogP contribution in [0.4, 0.5) is 5.82 Å². The standard InChI is InChI=1S/C17H15ClN6S/c18-17-21-15(23-7-3-4-8-23)14-16(22-17)24(10-19-14)9-13-20-11-5-1-2-6-12(11)25-13/h1-2,5-6,10H,3-4,7-9H2. The summed E-state index contributed by atoms with van der Waals surface area (Å²) in [5.41, 5.74) is 2.60. The summed E-state index contributed by atoms with van der Waals surface area (Å²) >= 11 is 7.89. The van der Waals surface area contributed by atoms with Gasteiger partial charge in [0.05, 0.1) is 23.1 Å². The lowest BCUT2D eigenvalue weighted by molar-refractivity contribution is 0.807. The van der Waals surface area contributed by atoms with Crippen molar-refractivity contribution >= 4 is 50.1 Å². The van der Waals surface area contributed by atoms with Gasteiger partial charge in [0.15, 0.2) is 17.0 Å². The lowest BCUT2D eigenvalue weighted by atomic mass is 10.3. The summed E-state index contributed by atoms with van der Waals surface area (Å²) in [6, 6.07) is 8.17. The smallest absolute Gasteiger partial charge is 0.226 e. The molecule has 5 rings (SSSR count). The Bertz CT molecular complexity index is 1030. The van der Waals surface area contributed by atoms with E-state index in [0.717, 1.165) is 40.6 Å². The van der Waals surface area contributed by atoms with Crippen LogP contribution in [0.3, 0.4) is 0 Å². The van der Waals surface area contributed by atoms with Crippen molar-refractivity contribution in [2.24, 2.45) is 0 Å². The summed E-state index contributed by atoms with van der Waals surface area (Å²) in [7, 11) is 0. The highest BCUT2D eigenvalue weighted by molar-refractivity contribution is 7.18. The minimum Gasteiger partial charge on any atom is -0.355 e. The number of anilines is 1. The first-order valence-corrected chi connectivity index (χ1v) is 9.45. The summed E-state index contributed by atoms with van der Waals surface area (Å²) in [5, 5.41) is 1.29. The molecule has 1 saturated heterocycles. The van der Waals surface area contributed by atoms with Crippen LogP contribution in [-0.2, 0) is 6.54 Å². The molecule has 0 unspecified atom stereocenters. The first-order valence-electron chi connectivity index (χ1n) is 8.26. The molecule has 8 heteroatoms. The summed E-state index contributed by atoms with van der Waals surface area (Å²) in [4.78, 5) is 20.4. The first-order chi connectivity index (χ1) is 12.3. The van der Waals surface area contributed by atoms with Gasteiger partial charge >= 0.3 is 0 Å². The highest BCUT2D eigenvalue weighted by Gasteiger charge is 2.21. The fourth-order valence-electron chi connectivity index (χ4n) is 3.30. The van der Waals surface area contributed by atoms with Crippen molar-refractivity contribution < 1.29 is 0 Å². The van der Waals surface area contributed by atoms with Gasteiger partial charge in [-0.3, -0.25) is 0 Å². The molecule has 4 aromatic rings. The van der Waals surface area contributed by atoms with Crippen LogP contribution in [0, 0.1) is 0 Å². The lowest BCUT2D eigenvalue weighted by Crippen LogP contribution is -2.19. The number of halogens is 1. The van der Waals surface area contributed by atoms with Gasteiger partial charge in [0, 0.05) is 13.1 Å². The monoisotopic (exact) mass is 370 g/mol. The van der Waals surface area contributed by atoms with Crippen LogP contribution in [0.1, 0.15) is 17.8 Å². The number of benzene rings is 1. The molecule has 0 spiro atoms. The van der Waals surface area contributed by atoms with Crippen LogP contribution in [0.2, 0.25) is 5.28 Å². The van der Waals surface area contributed by atoms with Crippen molar-refractivity contribution in [3.63, 3.8) is 0 Å². The molecule has 6 nitrogen and oxygen atoms in total. The van der Waals surface area contributed by atoms with Crippen LogP contribution in [0.15, 0.2) is 30.6 Å². The number of thiazole rings is 1. The number of imidazole rings is 1. The third kappa shape index (κ3) is 2.63. The number of rotatable bonds is 3. The lowest BCUT2D eigenvalue weighted by Gasteiger charge is -2.16. The molecule has 1 aliphatic heterocycles. The maximum atomic E-state index is 6.20. The quantitative estimate of drug-likeness (QED) is 0.514. The Morgan fingerprint density at radius 2 is 1.92 bits per heavy atom. The summed E-state index contributed by atoms with van der Waals surface area (Å²) in [5.74, 6) is 0.843. The van der Waals surface area contributed by atoms with Gasteiger partial charge in [0.1, 0.15) is 5.01 Å². The zero-order valence-corrected chi connectivity index (χ0v) is 15.0. The molecular weight excluding hydrogens is 356 g/mol. The molecule has 1 aliphatic rings. The predicted octanol–water partition coefficient (Wildman–Crippen LogP) is 3.74. The number of para-hydroxylation sites is 1. The second-order valence-corrected chi connectivity index (χ2v) is 7.58. The van der Waals surface area contributed by atoms with Crippen LogP contribution in [-0.4, -0.2) is 37.6 Å². The molecule has 25 heavy (non-hydrogen) atoms. The Morgan fingerprint density at radius 1 is 1.08 bits per heavy atom. The second kappa shape index (κ2) is 5.93. The molecular formula is C17H15ClN6S. The molecule has 3 aromatic heterocycles. The molecule has 0 radical (unpaired) electrons. The van der Waals surface area contributed by atoms with Crippen LogP contribution in [0.5, 0.6) is 0 Å². The topological polar surface area (TPSA) is 59.7 Å². The van der Waals surface area contributed by atoms with Gasteiger partial charge in [0.2, 0.25) is 5.28 Å². The molecule has 0 N–H and O–H groups in total. The Balaban J connectivity index is 1.57. The van der Waals surface area contributed by atoms with Gasteiger partial charge in [-0.05, 0) is 36.6 Å². The first kappa shape index (κ1) is 15.0. The Hall–Kier alpha value is -2.25. The van der Waals surface area contributed by atoms with Crippen molar-refractivity contribution in [3.05, 3.63) is 40.9 Å². The zero-order valence-electron chi connectivity index (χ0n) is 13.4. The van der Waals surface area contributed by atoms with Crippen molar-refractivity contribution in [1.82, 2.24) is 24.5 Å². The van der Waals surface area contributed by atoms with Crippen LogP contribution >= 0.6 is 22.9 Å². The number of hydrogen-bond donors (Lipinski definition) is 0. The minimum atomic E-state index is 0.264. The van der Waals surface area contributed by atoms with E-state index in [1.54, 1.807) is 17.7 Å². The third-order valence-corrected chi connectivity index (χ3v) is 5.66. The summed E-state index contributed by atoms with van der Waals surface area (Å²) in [6.07, 6.45) is 4.16. The van der Waals surface area contributed by atoms with Crippen molar-refractivity contribution in [2.75, 3.05) is 18.0 Å². The van der Waals surface area contributed by atoms with E-state index < -0.39 is 0 Å². The van der Waals surface area contributed by atoms with Gasteiger partial charge in [-0.25, -0.2) is 9.97 Å². The largest absolute Gasteiger partial charge is 0.355 e. The molecule has 126 valence electrons. The fourth-order valence-corrected chi connectivity index (χ4v) is 4.43. The van der Waals surface area contributed by atoms with Crippen molar-refractivity contribution in [2.45, 2.75) is 19.4 Å². The van der Waals surface area contributed by atoms with Gasteiger partial charge in [0.25, 0.3) is 0 Å². The summed E-state index contributed by atoms with van der Waals surface area (Å²) < 4.78 is 3.19. The molecule has 0 saturated carbocycles. The second-order valence-electron chi connectivity index (χ2n) is 6.13.